The Morgan fingerprint density at radius 2 is 2.36 bits per heavy atom. The van der Waals surface area contributed by atoms with Crippen LogP contribution in [0.15, 0.2) is 6.20 Å². The highest BCUT2D eigenvalue weighted by Crippen LogP contribution is 2.07. The van der Waals surface area contributed by atoms with Crippen LogP contribution in [0.1, 0.15) is 24.4 Å². The van der Waals surface area contributed by atoms with Crippen LogP contribution in [-0.4, -0.2) is 29.2 Å². The van der Waals surface area contributed by atoms with E-state index < -0.39 is 0 Å². The van der Waals surface area contributed by atoms with E-state index in [2.05, 4.69) is 15.3 Å². The molecule has 2 heterocycles. The van der Waals surface area contributed by atoms with Gasteiger partial charge in [-0.15, -0.1) is 0 Å². The molecule has 1 aliphatic rings. The van der Waals surface area contributed by atoms with Gasteiger partial charge >= 0.3 is 0 Å². The predicted molar refractivity (Wildman–Crippen MR) is 54.0 cm³/mol. The third kappa shape index (κ3) is 2.56. The first-order valence-electron chi connectivity index (χ1n) is 5.16. The zero-order chi connectivity index (χ0) is 9.80. The molecule has 1 aliphatic heterocycles. The van der Waals surface area contributed by atoms with Gasteiger partial charge in [-0.05, 0) is 19.8 Å². The number of imidazole rings is 1. The minimum Gasteiger partial charge on any atom is -0.381 e. The maximum absolute atomic E-state index is 5.30. The molecule has 0 spiro atoms. The number of aromatic nitrogens is 2. The molecule has 0 bridgehead atoms. The third-order valence-corrected chi connectivity index (χ3v) is 2.56. The van der Waals surface area contributed by atoms with E-state index in [1.54, 1.807) is 0 Å². The standard InChI is InChI=1S/C10H17N3O/c1-8-11-6-10(13-8)7-12-9-2-4-14-5-3-9/h6,9,12H,2-5,7H2,1H3,(H,11,13). The van der Waals surface area contributed by atoms with Crippen molar-refractivity contribution in [2.45, 2.75) is 32.4 Å². The topological polar surface area (TPSA) is 49.9 Å². The van der Waals surface area contributed by atoms with Gasteiger partial charge in [0.15, 0.2) is 0 Å². The van der Waals surface area contributed by atoms with E-state index in [1.165, 1.54) is 0 Å². The largest absolute Gasteiger partial charge is 0.381 e. The lowest BCUT2D eigenvalue weighted by molar-refractivity contribution is 0.0775. The summed E-state index contributed by atoms with van der Waals surface area (Å²) in [5.41, 5.74) is 1.16. The van der Waals surface area contributed by atoms with Crippen LogP contribution in [0, 0.1) is 6.92 Å². The van der Waals surface area contributed by atoms with E-state index in [9.17, 15) is 0 Å². The normalized spacial score (nSPS) is 18.6. The first-order chi connectivity index (χ1) is 6.84. The van der Waals surface area contributed by atoms with Crippen LogP contribution in [0.25, 0.3) is 0 Å². The molecule has 4 nitrogen and oxygen atoms in total. The van der Waals surface area contributed by atoms with Crippen LogP contribution in [0.3, 0.4) is 0 Å². The number of H-pyrrole nitrogens is 1. The van der Waals surface area contributed by atoms with Gasteiger partial charge in [0.25, 0.3) is 0 Å². The lowest BCUT2D eigenvalue weighted by atomic mass is 10.1. The summed E-state index contributed by atoms with van der Waals surface area (Å²) in [5.74, 6) is 0.980. The first-order valence-corrected chi connectivity index (χ1v) is 5.16. The first kappa shape index (κ1) is 9.68. The summed E-state index contributed by atoms with van der Waals surface area (Å²) in [6, 6.07) is 0.604. The molecule has 0 radical (unpaired) electrons. The number of nitrogens with zero attached hydrogens (tertiary/aromatic N) is 1. The lowest BCUT2D eigenvalue weighted by Crippen LogP contribution is -2.34. The van der Waals surface area contributed by atoms with E-state index in [1.807, 2.05) is 13.1 Å². The average molecular weight is 195 g/mol. The summed E-state index contributed by atoms with van der Waals surface area (Å²) in [4.78, 5) is 7.37. The zero-order valence-electron chi connectivity index (χ0n) is 8.55. The summed E-state index contributed by atoms with van der Waals surface area (Å²) in [7, 11) is 0. The maximum atomic E-state index is 5.30. The van der Waals surface area contributed by atoms with E-state index in [0.717, 1.165) is 44.1 Å². The molecule has 14 heavy (non-hydrogen) atoms. The Kier molecular flexibility index (Phi) is 3.16. The number of hydrogen-bond donors (Lipinski definition) is 2. The molecule has 0 unspecified atom stereocenters. The maximum Gasteiger partial charge on any atom is 0.103 e. The fourth-order valence-electron chi connectivity index (χ4n) is 1.72. The van der Waals surface area contributed by atoms with Gasteiger partial charge in [-0.2, -0.15) is 0 Å². The molecule has 1 aromatic rings. The van der Waals surface area contributed by atoms with Gasteiger partial charge in [-0.1, -0.05) is 0 Å². The van der Waals surface area contributed by atoms with Gasteiger partial charge in [-0.3, -0.25) is 0 Å². The highest BCUT2D eigenvalue weighted by atomic mass is 16.5. The minimum atomic E-state index is 0.604. The van der Waals surface area contributed by atoms with Crippen molar-refractivity contribution in [2.24, 2.45) is 0 Å². The van der Waals surface area contributed by atoms with Crippen molar-refractivity contribution < 1.29 is 4.74 Å². The summed E-state index contributed by atoms with van der Waals surface area (Å²) in [5, 5.41) is 3.50. The van der Waals surface area contributed by atoms with Crippen LogP contribution in [-0.2, 0) is 11.3 Å². The zero-order valence-corrected chi connectivity index (χ0v) is 8.55. The monoisotopic (exact) mass is 195 g/mol. The number of aryl methyl sites for hydroxylation is 1. The van der Waals surface area contributed by atoms with Crippen LogP contribution < -0.4 is 5.32 Å². The molecule has 0 amide bonds. The van der Waals surface area contributed by atoms with Gasteiger partial charge < -0.3 is 15.0 Å². The predicted octanol–water partition coefficient (Wildman–Crippen LogP) is 0.987. The second-order valence-electron chi connectivity index (χ2n) is 3.76. The van der Waals surface area contributed by atoms with Gasteiger partial charge in [-0.25, -0.2) is 4.98 Å². The molecule has 4 heteroatoms. The average Bonchev–Trinajstić information content (AvgIpc) is 2.63. The van der Waals surface area contributed by atoms with Crippen LogP contribution >= 0.6 is 0 Å². The molecule has 78 valence electrons. The molecule has 0 atom stereocenters. The number of ether oxygens (including phenoxy) is 1. The van der Waals surface area contributed by atoms with Gasteiger partial charge in [0, 0.05) is 37.7 Å². The Bertz CT molecular complexity index is 279. The van der Waals surface area contributed by atoms with Gasteiger partial charge in [0.1, 0.15) is 5.82 Å². The summed E-state index contributed by atoms with van der Waals surface area (Å²) in [6.45, 7) is 4.63. The molecule has 2 rings (SSSR count). The second-order valence-corrected chi connectivity index (χ2v) is 3.76. The summed E-state index contributed by atoms with van der Waals surface area (Å²) >= 11 is 0. The van der Waals surface area contributed by atoms with Crippen molar-refractivity contribution in [3.8, 4) is 0 Å². The molecule has 1 aromatic heterocycles. The Hall–Kier alpha value is -0.870. The van der Waals surface area contributed by atoms with E-state index in [4.69, 9.17) is 4.74 Å². The number of rotatable bonds is 3. The van der Waals surface area contributed by atoms with Crippen molar-refractivity contribution >= 4 is 0 Å². The van der Waals surface area contributed by atoms with E-state index >= 15 is 0 Å². The Balaban J connectivity index is 1.76. The molecular weight excluding hydrogens is 178 g/mol. The molecule has 1 saturated heterocycles. The van der Waals surface area contributed by atoms with Crippen molar-refractivity contribution in [1.29, 1.82) is 0 Å². The molecule has 0 aromatic carbocycles. The Labute approximate surface area is 84.1 Å². The van der Waals surface area contributed by atoms with Gasteiger partial charge in [0.2, 0.25) is 0 Å². The van der Waals surface area contributed by atoms with Crippen molar-refractivity contribution in [1.82, 2.24) is 15.3 Å². The summed E-state index contributed by atoms with van der Waals surface area (Å²) in [6.07, 6.45) is 4.13. The van der Waals surface area contributed by atoms with E-state index in [-0.39, 0.29) is 0 Å². The van der Waals surface area contributed by atoms with Crippen LogP contribution in [0.5, 0.6) is 0 Å². The molecule has 2 N–H and O–H groups in total. The number of nitrogens with one attached hydrogen (secondary N) is 2. The SMILES string of the molecule is Cc1ncc(CNC2CCOCC2)[nH]1. The lowest BCUT2D eigenvalue weighted by Gasteiger charge is -2.22. The minimum absolute atomic E-state index is 0.604. The summed E-state index contributed by atoms with van der Waals surface area (Å²) < 4.78 is 5.30. The third-order valence-electron chi connectivity index (χ3n) is 2.56. The highest BCUT2D eigenvalue weighted by Gasteiger charge is 2.12. The van der Waals surface area contributed by atoms with E-state index in [0.29, 0.717) is 6.04 Å². The number of hydrogen-bond acceptors (Lipinski definition) is 3. The second kappa shape index (κ2) is 4.57. The highest BCUT2D eigenvalue weighted by molar-refractivity contribution is 4.99. The number of aromatic amines is 1. The molecule has 0 aliphatic carbocycles. The molecule has 1 fully saturated rings. The smallest absolute Gasteiger partial charge is 0.103 e. The molecule has 0 saturated carbocycles. The van der Waals surface area contributed by atoms with Crippen LogP contribution in [0.2, 0.25) is 0 Å². The Morgan fingerprint density at radius 3 is 3.00 bits per heavy atom. The fourth-order valence-corrected chi connectivity index (χ4v) is 1.72. The Morgan fingerprint density at radius 1 is 1.57 bits per heavy atom. The quantitative estimate of drug-likeness (QED) is 0.756. The fraction of sp³-hybridized carbons (Fsp3) is 0.700. The van der Waals surface area contributed by atoms with Crippen molar-refractivity contribution in [2.75, 3.05) is 13.2 Å². The van der Waals surface area contributed by atoms with Crippen molar-refractivity contribution in [3.05, 3.63) is 17.7 Å². The van der Waals surface area contributed by atoms with Crippen LogP contribution in [0.4, 0.5) is 0 Å². The van der Waals surface area contributed by atoms with Gasteiger partial charge in [0.05, 0.1) is 0 Å². The molecular formula is C10H17N3O. The van der Waals surface area contributed by atoms with Crippen molar-refractivity contribution in [3.63, 3.8) is 0 Å².